The molecule has 1 amide bonds. The number of thioether (sulfide) groups is 1. The van der Waals surface area contributed by atoms with Crippen molar-refractivity contribution >= 4 is 51.3 Å². The van der Waals surface area contributed by atoms with E-state index in [2.05, 4.69) is 21.6 Å². The van der Waals surface area contributed by atoms with Gasteiger partial charge in [0.1, 0.15) is 10.8 Å². The topological polar surface area (TPSA) is 86.1 Å². The number of carbonyl (C=O) groups excluding carboxylic acids is 2. The number of hydrogen-bond donors (Lipinski definition) is 1. The molecular weight excluding hydrogens is 428 g/mol. The van der Waals surface area contributed by atoms with E-state index in [1.807, 2.05) is 29.9 Å². The van der Waals surface area contributed by atoms with E-state index in [0.29, 0.717) is 15.7 Å². The van der Waals surface area contributed by atoms with E-state index in [-0.39, 0.29) is 11.7 Å². The fourth-order valence-electron chi connectivity index (χ4n) is 2.71. The lowest BCUT2D eigenvalue weighted by molar-refractivity contribution is -0.113. The number of aromatic nitrogens is 3. The molecule has 0 atom stereocenters. The summed E-state index contributed by atoms with van der Waals surface area (Å²) in [5.74, 6) is 0.413. The summed E-state index contributed by atoms with van der Waals surface area (Å²) in [7, 11) is 1.33. The third-order valence-electron chi connectivity index (χ3n) is 4.14. The number of aryl methyl sites for hydroxylation is 1. The molecule has 0 spiro atoms. The SMILES string of the molecule is CCc1cc(C(=O)OC)c(NC(=O)CSc2nnc(Cc3cccs3)n2CC)s1. The van der Waals surface area contributed by atoms with Gasteiger partial charge in [0, 0.05) is 22.7 Å². The summed E-state index contributed by atoms with van der Waals surface area (Å²) in [5, 5.41) is 14.7. The Balaban J connectivity index is 1.65. The van der Waals surface area contributed by atoms with Crippen LogP contribution in [0.15, 0.2) is 28.7 Å². The number of methoxy groups -OCH3 is 1. The van der Waals surface area contributed by atoms with Gasteiger partial charge in [-0.3, -0.25) is 4.79 Å². The lowest BCUT2D eigenvalue weighted by Crippen LogP contribution is -2.16. The Hall–Kier alpha value is -2.17. The molecule has 3 aromatic heterocycles. The maximum Gasteiger partial charge on any atom is 0.340 e. The van der Waals surface area contributed by atoms with Crippen molar-refractivity contribution in [3.05, 3.63) is 44.7 Å². The second-order valence-corrected chi connectivity index (χ2v) is 9.15. The van der Waals surface area contributed by atoms with Crippen LogP contribution >= 0.6 is 34.4 Å². The first-order valence-corrected chi connectivity index (χ1v) is 11.8. The molecule has 1 N–H and O–H groups in total. The van der Waals surface area contributed by atoms with Gasteiger partial charge in [-0.15, -0.1) is 32.9 Å². The largest absolute Gasteiger partial charge is 0.465 e. The summed E-state index contributed by atoms with van der Waals surface area (Å²) in [6.07, 6.45) is 1.51. The Kier molecular flexibility index (Phi) is 7.45. The molecule has 3 heterocycles. The summed E-state index contributed by atoms with van der Waals surface area (Å²) in [6.45, 7) is 4.76. The van der Waals surface area contributed by atoms with Crippen molar-refractivity contribution in [1.82, 2.24) is 14.8 Å². The van der Waals surface area contributed by atoms with E-state index in [1.165, 1.54) is 35.1 Å². The predicted molar refractivity (Wildman–Crippen MR) is 117 cm³/mol. The summed E-state index contributed by atoms with van der Waals surface area (Å²) in [5.41, 5.74) is 0.391. The fraction of sp³-hybridized carbons (Fsp3) is 0.368. The smallest absolute Gasteiger partial charge is 0.340 e. The Morgan fingerprint density at radius 2 is 2.10 bits per heavy atom. The maximum atomic E-state index is 12.5. The lowest BCUT2D eigenvalue weighted by Gasteiger charge is -2.07. The van der Waals surface area contributed by atoms with Crippen molar-refractivity contribution < 1.29 is 14.3 Å². The zero-order chi connectivity index (χ0) is 20.8. The van der Waals surface area contributed by atoms with Crippen LogP contribution in [0.4, 0.5) is 5.00 Å². The molecule has 7 nitrogen and oxygen atoms in total. The molecule has 0 bridgehead atoms. The molecule has 0 fully saturated rings. The zero-order valence-electron chi connectivity index (χ0n) is 16.4. The van der Waals surface area contributed by atoms with Crippen LogP contribution in [0.25, 0.3) is 0 Å². The molecule has 29 heavy (non-hydrogen) atoms. The second-order valence-electron chi connectivity index (χ2n) is 6.04. The van der Waals surface area contributed by atoms with Gasteiger partial charge < -0.3 is 14.6 Å². The molecule has 0 saturated carbocycles. The standard InChI is InChI=1S/C19H22N4O3S3/c1-4-12-9-14(18(25)26-3)17(29-12)20-16(24)11-28-19-22-21-15(23(19)5-2)10-13-7-6-8-27-13/h6-9H,4-5,10-11H2,1-3H3,(H,20,24). The third-order valence-corrected chi connectivity index (χ3v) is 7.18. The number of amides is 1. The average Bonchev–Trinajstić information content (AvgIpc) is 3.46. The van der Waals surface area contributed by atoms with Crippen molar-refractivity contribution in [3.8, 4) is 0 Å². The lowest BCUT2D eigenvalue weighted by atomic mass is 10.2. The number of nitrogens with one attached hydrogen (secondary N) is 1. The summed E-state index contributed by atoms with van der Waals surface area (Å²) in [4.78, 5) is 26.7. The molecule has 10 heteroatoms. The minimum absolute atomic E-state index is 0.178. The molecule has 3 aromatic rings. The van der Waals surface area contributed by atoms with Crippen LogP contribution in [0, 0.1) is 0 Å². The number of ether oxygens (including phenoxy) is 1. The molecular formula is C19H22N4O3S3. The van der Waals surface area contributed by atoms with Gasteiger partial charge in [0.15, 0.2) is 5.16 Å². The van der Waals surface area contributed by atoms with Crippen LogP contribution in [-0.2, 0) is 28.9 Å². The van der Waals surface area contributed by atoms with E-state index in [1.54, 1.807) is 17.4 Å². The number of esters is 1. The van der Waals surface area contributed by atoms with Crippen LogP contribution in [-0.4, -0.2) is 39.5 Å². The molecule has 0 aromatic carbocycles. The number of thiophene rings is 2. The summed E-state index contributed by atoms with van der Waals surface area (Å²) >= 11 is 4.41. The van der Waals surface area contributed by atoms with Crippen molar-refractivity contribution in [2.45, 2.75) is 38.4 Å². The molecule has 0 aliphatic rings. The predicted octanol–water partition coefficient (Wildman–Crippen LogP) is 4.09. The van der Waals surface area contributed by atoms with Crippen LogP contribution in [0.5, 0.6) is 0 Å². The number of rotatable bonds is 9. The normalized spacial score (nSPS) is 10.9. The van der Waals surface area contributed by atoms with E-state index in [9.17, 15) is 9.59 Å². The summed E-state index contributed by atoms with van der Waals surface area (Å²) in [6, 6.07) is 5.86. The first kappa shape index (κ1) is 21.5. The number of hydrogen-bond acceptors (Lipinski definition) is 8. The van der Waals surface area contributed by atoms with E-state index in [4.69, 9.17) is 4.74 Å². The third kappa shape index (κ3) is 5.26. The number of anilines is 1. The van der Waals surface area contributed by atoms with Crippen LogP contribution in [0.1, 0.15) is 39.8 Å². The molecule has 0 aliphatic heterocycles. The summed E-state index contributed by atoms with van der Waals surface area (Å²) < 4.78 is 6.84. The zero-order valence-corrected chi connectivity index (χ0v) is 18.9. The highest BCUT2D eigenvalue weighted by molar-refractivity contribution is 7.99. The number of carbonyl (C=O) groups is 2. The van der Waals surface area contributed by atoms with Gasteiger partial charge in [-0.1, -0.05) is 24.8 Å². The quantitative estimate of drug-likeness (QED) is 0.390. The van der Waals surface area contributed by atoms with Crippen molar-refractivity contribution in [1.29, 1.82) is 0 Å². The molecule has 0 saturated heterocycles. The van der Waals surface area contributed by atoms with Gasteiger partial charge in [0.25, 0.3) is 0 Å². The van der Waals surface area contributed by atoms with E-state index < -0.39 is 5.97 Å². The molecule has 154 valence electrons. The Morgan fingerprint density at radius 1 is 1.28 bits per heavy atom. The number of nitrogens with zero attached hydrogens (tertiary/aromatic N) is 3. The highest BCUT2D eigenvalue weighted by Gasteiger charge is 2.19. The average molecular weight is 451 g/mol. The molecule has 3 rings (SSSR count). The van der Waals surface area contributed by atoms with Crippen LogP contribution < -0.4 is 5.32 Å². The first-order chi connectivity index (χ1) is 14.0. The minimum Gasteiger partial charge on any atom is -0.465 e. The van der Waals surface area contributed by atoms with Crippen molar-refractivity contribution in [2.24, 2.45) is 0 Å². The van der Waals surface area contributed by atoms with Crippen molar-refractivity contribution in [3.63, 3.8) is 0 Å². The minimum atomic E-state index is -0.451. The van der Waals surface area contributed by atoms with E-state index >= 15 is 0 Å². The van der Waals surface area contributed by atoms with Crippen molar-refractivity contribution in [2.75, 3.05) is 18.2 Å². The Labute approximate surface area is 181 Å². The molecule has 0 radical (unpaired) electrons. The van der Waals surface area contributed by atoms with Gasteiger partial charge in [0.2, 0.25) is 5.91 Å². The highest BCUT2D eigenvalue weighted by atomic mass is 32.2. The van der Waals surface area contributed by atoms with Gasteiger partial charge >= 0.3 is 5.97 Å². The Bertz CT molecular complexity index is 979. The van der Waals surface area contributed by atoms with Crippen LogP contribution in [0.2, 0.25) is 0 Å². The fourth-order valence-corrected chi connectivity index (χ4v) is 5.23. The molecule has 0 unspecified atom stereocenters. The van der Waals surface area contributed by atoms with Gasteiger partial charge in [-0.25, -0.2) is 4.79 Å². The van der Waals surface area contributed by atoms with Gasteiger partial charge in [0.05, 0.1) is 18.4 Å². The monoisotopic (exact) mass is 450 g/mol. The van der Waals surface area contributed by atoms with E-state index in [0.717, 1.165) is 30.1 Å². The second kappa shape index (κ2) is 10.0. The maximum absolute atomic E-state index is 12.5. The Morgan fingerprint density at radius 3 is 2.76 bits per heavy atom. The van der Waals surface area contributed by atoms with Crippen LogP contribution in [0.3, 0.4) is 0 Å². The van der Waals surface area contributed by atoms with Gasteiger partial charge in [-0.2, -0.15) is 0 Å². The van der Waals surface area contributed by atoms with Gasteiger partial charge in [-0.05, 0) is 30.9 Å². The highest BCUT2D eigenvalue weighted by Crippen LogP contribution is 2.29. The molecule has 0 aliphatic carbocycles. The first-order valence-electron chi connectivity index (χ1n) is 9.13.